The van der Waals surface area contributed by atoms with Crippen LogP contribution in [0.3, 0.4) is 0 Å². The molecule has 1 aromatic heterocycles. The van der Waals surface area contributed by atoms with Crippen molar-refractivity contribution in [3.63, 3.8) is 0 Å². The number of aliphatic hydroxyl groups excluding tert-OH is 1. The van der Waals surface area contributed by atoms with Gasteiger partial charge in [-0.05, 0) is 37.3 Å². The lowest BCUT2D eigenvalue weighted by Crippen LogP contribution is -2.18. The molecule has 1 heterocycles. The molecule has 74 valence electrons. The molecule has 1 aromatic rings. The summed E-state index contributed by atoms with van der Waals surface area (Å²) in [6.45, 7) is 8.39. The average Bonchev–Trinajstić information content (AvgIpc) is 2.30. The molecule has 0 aliphatic carbocycles. The molecule has 2 heteroatoms. The van der Waals surface area contributed by atoms with E-state index in [4.69, 9.17) is 9.52 Å². The standard InChI is InChI=1S/C11H18O2/c1-8-7-10(9(2)13-8)11(3,4)5-6-12/h7,12H,5-6H2,1-4H3. The number of hydrogen-bond donors (Lipinski definition) is 1. The van der Waals surface area contributed by atoms with Crippen molar-refractivity contribution in [3.8, 4) is 0 Å². The van der Waals surface area contributed by atoms with E-state index in [0.717, 1.165) is 17.9 Å². The predicted molar refractivity (Wildman–Crippen MR) is 52.9 cm³/mol. The van der Waals surface area contributed by atoms with Crippen molar-refractivity contribution in [2.45, 2.75) is 39.5 Å². The van der Waals surface area contributed by atoms with Crippen molar-refractivity contribution >= 4 is 0 Å². The lowest BCUT2D eigenvalue weighted by Gasteiger charge is -2.22. The first-order valence-electron chi connectivity index (χ1n) is 4.66. The number of aliphatic hydroxyl groups is 1. The maximum Gasteiger partial charge on any atom is 0.104 e. The van der Waals surface area contributed by atoms with E-state index in [1.807, 2.05) is 13.8 Å². The third kappa shape index (κ3) is 2.13. The number of rotatable bonds is 3. The van der Waals surface area contributed by atoms with Gasteiger partial charge in [0.15, 0.2) is 0 Å². The Morgan fingerprint density at radius 2 is 2.00 bits per heavy atom. The van der Waals surface area contributed by atoms with Crippen LogP contribution in [0.1, 0.15) is 37.4 Å². The number of aryl methyl sites for hydroxylation is 2. The zero-order chi connectivity index (χ0) is 10.1. The highest BCUT2D eigenvalue weighted by molar-refractivity contribution is 5.28. The van der Waals surface area contributed by atoms with Gasteiger partial charge in [0.1, 0.15) is 11.5 Å². The first-order chi connectivity index (χ1) is 5.97. The van der Waals surface area contributed by atoms with Gasteiger partial charge in [0.25, 0.3) is 0 Å². The number of hydrogen-bond acceptors (Lipinski definition) is 2. The fourth-order valence-electron chi connectivity index (χ4n) is 1.72. The zero-order valence-electron chi connectivity index (χ0n) is 8.85. The van der Waals surface area contributed by atoms with Crippen LogP contribution in [0.25, 0.3) is 0 Å². The predicted octanol–water partition coefficient (Wildman–Crippen LogP) is 2.56. The molecule has 13 heavy (non-hydrogen) atoms. The topological polar surface area (TPSA) is 33.4 Å². The van der Waals surface area contributed by atoms with E-state index in [9.17, 15) is 0 Å². The fraction of sp³-hybridized carbons (Fsp3) is 0.636. The molecular weight excluding hydrogens is 164 g/mol. The van der Waals surface area contributed by atoms with Crippen LogP contribution in [0.15, 0.2) is 10.5 Å². The van der Waals surface area contributed by atoms with Gasteiger partial charge in [-0.25, -0.2) is 0 Å². The maximum atomic E-state index is 8.93. The molecule has 0 spiro atoms. The number of furan rings is 1. The van der Waals surface area contributed by atoms with Crippen molar-refractivity contribution in [2.24, 2.45) is 0 Å². The highest BCUT2D eigenvalue weighted by Gasteiger charge is 2.24. The third-order valence-electron chi connectivity index (χ3n) is 2.51. The van der Waals surface area contributed by atoms with Gasteiger partial charge in [-0.3, -0.25) is 0 Å². The maximum absolute atomic E-state index is 8.93. The zero-order valence-corrected chi connectivity index (χ0v) is 8.85. The van der Waals surface area contributed by atoms with Gasteiger partial charge in [0.05, 0.1) is 0 Å². The first-order valence-corrected chi connectivity index (χ1v) is 4.66. The minimum Gasteiger partial charge on any atom is -0.466 e. The Balaban J connectivity index is 2.98. The molecule has 0 saturated heterocycles. The van der Waals surface area contributed by atoms with Gasteiger partial charge in [-0.15, -0.1) is 0 Å². The van der Waals surface area contributed by atoms with E-state index in [2.05, 4.69) is 19.9 Å². The Morgan fingerprint density at radius 1 is 1.38 bits per heavy atom. The Morgan fingerprint density at radius 3 is 2.38 bits per heavy atom. The second-order valence-electron chi connectivity index (χ2n) is 4.18. The molecule has 0 atom stereocenters. The first kappa shape index (κ1) is 10.3. The van der Waals surface area contributed by atoms with E-state index in [1.165, 1.54) is 5.56 Å². The summed E-state index contributed by atoms with van der Waals surface area (Å²) in [5, 5.41) is 8.93. The van der Waals surface area contributed by atoms with Gasteiger partial charge in [-0.2, -0.15) is 0 Å². The Kier molecular flexibility index (Phi) is 2.81. The van der Waals surface area contributed by atoms with Gasteiger partial charge in [-0.1, -0.05) is 13.8 Å². The van der Waals surface area contributed by atoms with Crippen molar-refractivity contribution in [3.05, 3.63) is 23.2 Å². The van der Waals surface area contributed by atoms with E-state index < -0.39 is 0 Å². The second kappa shape index (κ2) is 3.54. The Labute approximate surface area is 79.6 Å². The summed E-state index contributed by atoms with van der Waals surface area (Å²) in [4.78, 5) is 0. The molecule has 2 nitrogen and oxygen atoms in total. The molecular formula is C11H18O2. The van der Waals surface area contributed by atoms with Crippen molar-refractivity contribution in [1.29, 1.82) is 0 Å². The molecule has 0 aliphatic heterocycles. The Bertz CT molecular complexity index is 284. The SMILES string of the molecule is Cc1cc(C(C)(C)CCO)c(C)o1. The molecule has 0 unspecified atom stereocenters. The molecule has 0 amide bonds. The van der Waals surface area contributed by atoms with Gasteiger partial charge >= 0.3 is 0 Å². The summed E-state index contributed by atoms with van der Waals surface area (Å²) in [6, 6.07) is 2.06. The van der Waals surface area contributed by atoms with Crippen LogP contribution >= 0.6 is 0 Å². The highest BCUT2D eigenvalue weighted by Crippen LogP contribution is 2.31. The summed E-state index contributed by atoms with van der Waals surface area (Å²) in [7, 11) is 0. The van der Waals surface area contributed by atoms with E-state index in [1.54, 1.807) is 0 Å². The highest BCUT2D eigenvalue weighted by atomic mass is 16.3. The lowest BCUT2D eigenvalue weighted by atomic mass is 9.82. The molecule has 0 radical (unpaired) electrons. The Hall–Kier alpha value is -0.760. The van der Waals surface area contributed by atoms with Crippen LogP contribution in [-0.2, 0) is 5.41 Å². The largest absolute Gasteiger partial charge is 0.466 e. The molecule has 0 fully saturated rings. The second-order valence-corrected chi connectivity index (χ2v) is 4.18. The normalized spacial score (nSPS) is 12.1. The van der Waals surface area contributed by atoms with Gasteiger partial charge in [0.2, 0.25) is 0 Å². The van der Waals surface area contributed by atoms with Crippen LogP contribution in [0.5, 0.6) is 0 Å². The molecule has 1 rings (SSSR count). The summed E-state index contributed by atoms with van der Waals surface area (Å²) < 4.78 is 5.47. The summed E-state index contributed by atoms with van der Waals surface area (Å²) in [5.41, 5.74) is 1.22. The molecule has 0 aromatic carbocycles. The lowest BCUT2D eigenvalue weighted by molar-refractivity contribution is 0.251. The smallest absolute Gasteiger partial charge is 0.104 e. The van der Waals surface area contributed by atoms with Crippen molar-refractivity contribution in [2.75, 3.05) is 6.61 Å². The third-order valence-corrected chi connectivity index (χ3v) is 2.51. The fourth-order valence-corrected chi connectivity index (χ4v) is 1.72. The summed E-state index contributed by atoms with van der Waals surface area (Å²) >= 11 is 0. The monoisotopic (exact) mass is 182 g/mol. The summed E-state index contributed by atoms with van der Waals surface area (Å²) in [5.74, 6) is 1.91. The quantitative estimate of drug-likeness (QED) is 0.779. The van der Waals surface area contributed by atoms with Gasteiger partial charge in [0, 0.05) is 6.61 Å². The van der Waals surface area contributed by atoms with Crippen LogP contribution < -0.4 is 0 Å². The molecule has 0 aliphatic rings. The van der Waals surface area contributed by atoms with E-state index in [-0.39, 0.29) is 12.0 Å². The molecule has 0 saturated carbocycles. The van der Waals surface area contributed by atoms with Gasteiger partial charge < -0.3 is 9.52 Å². The minimum absolute atomic E-state index is 0.0105. The van der Waals surface area contributed by atoms with Crippen LogP contribution in [0.4, 0.5) is 0 Å². The van der Waals surface area contributed by atoms with Crippen LogP contribution in [0, 0.1) is 13.8 Å². The van der Waals surface area contributed by atoms with E-state index >= 15 is 0 Å². The molecule has 1 N–H and O–H groups in total. The summed E-state index contributed by atoms with van der Waals surface area (Å²) in [6.07, 6.45) is 0.771. The van der Waals surface area contributed by atoms with Crippen molar-refractivity contribution in [1.82, 2.24) is 0 Å². The minimum atomic E-state index is 0.0105. The van der Waals surface area contributed by atoms with Crippen molar-refractivity contribution < 1.29 is 9.52 Å². The van der Waals surface area contributed by atoms with Crippen LogP contribution in [-0.4, -0.2) is 11.7 Å². The molecule has 0 bridgehead atoms. The average molecular weight is 182 g/mol. The van der Waals surface area contributed by atoms with E-state index in [0.29, 0.717) is 0 Å². The van der Waals surface area contributed by atoms with Crippen LogP contribution in [0.2, 0.25) is 0 Å².